The molecule has 112 valence electrons. The van der Waals surface area contributed by atoms with Crippen molar-refractivity contribution in [3.63, 3.8) is 0 Å². The minimum atomic E-state index is 0.0248. The molecule has 0 aliphatic carbocycles. The summed E-state index contributed by atoms with van der Waals surface area (Å²) < 4.78 is 0. The molecule has 0 aliphatic rings. The number of benzene rings is 1. The fraction of sp³-hybridized carbons (Fsp3) is 0.444. The average molecular weight is 283 g/mol. The van der Waals surface area contributed by atoms with Crippen LogP contribution < -0.4 is 5.32 Å². The molecular formula is C18H25N3. The van der Waals surface area contributed by atoms with Crippen LogP contribution in [0.3, 0.4) is 0 Å². The van der Waals surface area contributed by atoms with E-state index in [9.17, 15) is 0 Å². The Kier molecular flexibility index (Phi) is 4.94. The molecule has 3 heteroatoms. The lowest BCUT2D eigenvalue weighted by Crippen LogP contribution is -2.17. The number of aromatic nitrogens is 2. The molecule has 0 bridgehead atoms. The fourth-order valence-corrected chi connectivity index (χ4v) is 2.08. The smallest absolute Gasteiger partial charge is 0.135 e. The maximum atomic E-state index is 4.76. The zero-order chi connectivity index (χ0) is 15.3. The highest BCUT2D eigenvalue weighted by atomic mass is 15.0. The first-order valence-corrected chi connectivity index (χ1v) is 7.65. The van der Waals surface area contributed by atoms with Crippen molar-refractivity contribution in [2.75, 3.05) is 11.9 Å². The quantitative estimate of drug-likeness (QED) is 0.894. The highest BCUT2D eigenvalue weighted by Gasteiger charge is 2.18. The minimum Gasteiger partial charge on any atom is -0.370 e. The molecule has 3 nitrogen and oxygen atoms in total. The van der Waals surface area contributed by atoms with E-state index in [1.807, 2.05) is 6.07 Å². The predicted molar refractivity (Wildman–Crippen MR) is 88.8 cm³/mol. The summed E-state index contributed by atoms with van der Waals surface area (Å²) in [6.45, 7) is 9.65. The SMILES string of the molecule is CCCNc1cc(C(C)(C)C)nc(Cc2ccccc2)n1. The molecule has 21 heavy (non-hydrogen) atoms. The normalized spacial score (nSPS) is 11.4. The molecule has 0 atom stereocenters. The molecule has 1 heterocycles. The van der Waals surface area contributed by atoms with Gasteiger partial charge >= 0.3 is 0 Å². The van der Waals surface area contributed by atoms with Crippen molar-refractivity contribution in [2.45, 2.75) is 46.0 Å². The van der Waals surface area contributed by atoms with E-state index in [0.29, 0.717) is 0 Å². The second-order valence-corrected chi connectivity index (χ2v) is 6.39. The van der Waals surface area contributed by atoms with Crippen LogP contribution in [0.2, 0.25) is 0 Å². The Bertz CT molecular complexity index is 571. The molecule has 0 spiro atoms. The van der Waals surface area contributed by atoms with Crippen LogP contribution in [0.15, 0.2) is 36.4 Å². The highest BCUT2D eigenvalue weighted by molar-refractivity contribution is 5.38. The Morgan fingerprint density at radius 2 is 1.76 bits per heavy atom. The molecule has 0 aliphatic heterocycles. The summed E-state index contributed by atoms with van der Waals surface area (Å²) in [5, 5.41) is 3.38. The van der Waals surface area contributed by atoms with Crippen molar-refractivity contribution in [1.82, 2.24) is 9.97 Å². The summed E-state index contributed by atoms with van der Waals surface area (Å²) in [5.41, 5.74) is 2.35. The van der Waals surface area contributed by atoms with Crippen LogP contribution in [-0.2, 0) is 11.8 Å². The van der Waals surface area contributed by atoms with Crippen LogP contribution in [0.25, 0.3) is 0 Å². The number of nitrogens with zero attached hydrogens (tertiary/aromatic N) is 2. The molecule has 0 saturated heterocycles. The molecule has 2 aromatic rings. The Balaban J connectivity index is 2.30. The van der Waals surface area contributed by atoms with Gasteiger partial charge in [0.2, 0.25) is 0 Å². The van der Waals surface area contributed by atoms with Gasteiger partial charge in [0.15, 0.2) is 0 Å². The van der Waals surface area contributed by atoms with Gasteiger partial charge in [-0.2, -0.15) is 0 Å². The van der Waals surface area contributed by atoms with Gasteiger partial charge < -0.3 is 5.32 Å². The number of hydrogen-bond donors (Lipinski definition) is 1. The summed E-state index contributed by atoms with van der Waals surface area (Å²) in [5.74, 6) is 1.81. The summed E-state index contributed by atoms with van der Waals surface area (Å²) in [4.78, 5) is 9.41. The number of hydrogen-bond acceptors (Lipinski definition) is 3. The van der Waals surface area contributed by atoms with Crippen molar-refractivity contribution < 1.29 is 0 Å². The third-order valence-electron chi connectivity index (χ3n) is 3.30. The first-order chi connectivity index (χ1) is 9.99. The van der Waals surface area contributed by atoms with E-state index in [4.69, 9.17) is 4.98 Å². The lowest BCUT2D eigenvalue weighted by Gasteiger charge is -2.19. The Labute approximate surface area is 127 Å². The van der Waals surface area contributed by atoms with Gasteiger partial charge in [-0.3, -0.25) is 0 Å². The molecular weight excluding hydrogens is 258 g/mol. The summed E-state index contributed by atoms with van der Waals surface area (Å²) in [6.07, 6.45) is 1.86. The molecule has 0 unspecified atom stereocenters. The summed E-state index contributed by atoms with van der Waals surface area (Å²) >= 11 is 0. The molecule has 0 fully saturated rings. The van der Waals surface area contributed by atoms with Gasteiger partial charge in [-0.1, -0.05) is 58.0 Å². The molecule has 2 rings (SSSR count). The molecule has 0 amide bonds. The first-order valence-electron chi connectivity index (χ1n) is 7.65. The molecule has 0 saturated carbocycles. The van der Waals surface area contributed by atoms with Crippen LogP contribution in [0.1, 0.15) is 51.2 Å². The highest BCUT2D eigenvalue weighted by Crippen LogP contribution is 2.23. The number of rotatable bonds is 5. The van der Waals surface area contributed by atoms with Gasteiger partial charge in [0.05, 0.1) is 5.69 Å². The maximum Gasteiger partial charge on any atom is 0.135 e. The molecule has 1 N–H and O–H groups in total. The fourth-order valence-electron chi connectivity index (χ4n) is 2.08. The largest absolute Gasteiger partial charge is 0.370 e. The van der Waals surface area contributed by atoms with E-state index in [2.05, 4.69) is 68.3 Å². The van der Waals surface area contributed by atoms with Gasteiger partial charge in [0.1, 0.15) is 11.6 Å². The van der Waals surface area contributed by atoms with Crippen LogP contribution in [0, 0.1) is 0 Å². The van der Waals surface area contributed by atoms with Crippen LogP contribution in [0.4, 0.5) is 5.82 Å². The van der Waals surface area contributed by atoms with Crippen molar-refractivity contribution in [2.24, 2.45) is 0 Å². The van der Waals surface area contributed by atoms with E-state index in [1.165, 1.54) is 5.56 Å². The number of anilines is 1. The third-order valence-corrected chi connectivity index (χ3v) is 3.30. The monoisotopic (exact) mass is 283 g/mol. The van der Waals surface area contributed by atoms with Crippen LogP contribution in [0.5, 0.6) is 0 Å². The van der Waals surface area contributed by atoms with E-state index < -0.39 is 0 Å². The Morgan fingerprint density at radius 3 is 2.38 bits per heavy atom. The lowest BCUT2D eigenvalue weighted by molar-refractivity contribution is 0.563. The topological polar surface area (TPSA) is 37.8 Å². The molecule has 1 aromatic heterocycles. The zero-order valence-electron chi connectivity index (χ0n) is 13.5. The standard InChI is InChI=1S/C18H25N3/c1-5-11-19-16-13-15(18(2,3)4)20-17(21-16)12-14-9-7-6-8-10-14/h6-10,13H,5,11-12H2,1-4H3,(H,19,20,21). The van der Waals surface area contributed by atoms with Gasteiger partial charge in [0.25, 0.3) is 0 Å². The maximum absolute atomic E-state index is 4.76. The predicted octanol–water partition coefficient (Wildman–Crippen LogP) is 4.19. The summed E-state index contributed by atoms with van der Waals surface area (Å²) in [6, 6.07) is 12.4. The minimum absolute atomic E-state index is 0.0248. The van der Waals surface area contributed by atoms with E-state index in [-0.39, 0.29) is 5.41 Å². The summed E-state index contributed by atoms with van der Waals surface area (Å²) in [7, 11) is 0. The third kappa shape index (κ3) is 4.55. The molecule has 1 aromatic carbocycles. The van der Waals surface area contributed by atoms with Crippen molar-refractivity contribution in [1.29, 1.82) is 0 Å². The molecule has 0 radical (unpaired) electrons. The van der Waals surface area contributed by atoms with Gasteiger partial charge in [-0.15, -0.1) is 0 Å². The zero-order valence-corrected chi connectivity index (χ0v) is 13.5. The van der Waals surface area contributed by atoms with E-state index in [0.717, 1.165) is 36.7 Å². The Morgan fingerprint density at radius 1 is 1.05 bits per heavy atom. The van der Waals surface area contributed by atoms with E-state index >= 15 is 0 Å². The van der Waals surface area contributed by atoms with Crippen molar-refractivity contribution in [3.05, 3.63) is 53.5 Å². The first kappa shape index (κ1) is 15.5. The Hall–Kier alpha value is -1.90. The van der Waals surface area contributed by atoms with Crippen LogP contribution >= 0.6 is 0 Å². The van der Waals surface area contributed by atoms with Crippen molar-refractivity contribution in [3.8, 4) is 0 Å². The van der Waals surface area contributed by atoms with Gasteiger partial charge in [-0.25, -0.2) is 9.97 Å². The second-order valence-electron chi connectivity index (χ2n) is 6.39. The average Bonchev–Trinajstić information content (AvgIpc) is 2.45. The van der Waals surface area contributed by atoms with Crippen molar-refractivity contribution >= 4 is 5.82 Å². The lowest BCUT2D eigenvalue weighted by atomic mass is 9.92. The van der Waals surface area contributed by atoms with Gasteiger partial charge in [0, 0.05) is 24.4 Å². The van der Waals surface area contributed by atoms with Crippen LogP contribution in [-0.4, -0.2) is 16.5 Å². The second kappa shape index (κ2) is 6.70. The number of nitrogens with one attached hydrogen (secondary N) is 1. The van der Waals surface area contributed by atoms with E-state index in [1.54, 1.807) is 0 Å². The van der Waals surface area contributed by atoms with Gasteiger partial charge in [-0.05, 0) is 12.0 Å².